The fourth-order valence-electron chi connectivity index (χ4n) is 2.60. The number of fused-ring (bicyclic) bond motifs is 1. The Morgan fingerprint density at radius 2 is 2.10 bits per heavy atom. The largest absolute Gasteiger partial charge is 0.497 e. The van der Waals surface area contributed by atoms with E-state index < -0.39 is 0 Å². The summed E-state index contributed by atoms with van der Waals surface area (Å²) in [5.41, 5.74) is 9.23. The molecule has 4 nitrogen and oxygen atoms in total. The zero-order valence-electron chi connectivity index (χ0n) is 12.2. The summed E-state index contributed by atoms with van der Waals surface area (Å²) < 4.78 is 11.0. The van der Waals surface area contributed by atoms with Gasteiger partial charge < -0.3 is 15.2 Å². The van der Waals surface area contributed by atoms with Crippen molar-refractivity contribution in [3.05, 3.63) is 53.6 Å². The molecule has 0 fully saturated rings. The number of hydrogen-bond acceptors (Lipinski definition) is 4. The third-order valence-electron chi connectivity index (χ3n) is 3.78. The van der Waals surface area contributed by atoms with Crippen LogP contribution in [0.3, 0.4) is 0 Å². The second-order valence-electron chi connectivity index (χ2n) is 5.23. The fourth-order valence-corrected chi connectivity index (χ4v) is 2.60. The van der Waals surface area contributed by atoms with Crippen molar-refractivity contribution < 1.29 is 9.47 Å². The first-order valence-electron chi connectivity index (χ1n) is 7.12. The Bertz CT molecular complexity index is 628. The molecule has 0 aromatic heterocycles. The van der Waals surface area contributed by atoms with E-state index in [0.29, 0.717) is 6.61 Å². The highest BCUT2D eigenvalue weighted by Crippen LogP contribution is 2.25. The smallest absolute Gasteiger partial charge is 0.123 e. The molecular formula is C17H20N2O2. The van der Waals surface area contributed by atoms with Crippen LogP contribution in [0.25, 0.3) is 0 Å². The molecule has 2 N–H and O–H groups in total. The van der Waals surface area contributed by atoms with Crippen LogP contribution >= 0.6 is 0 Å². The Morgan fingerprint density at radius 3 is 2.90 bits per heavy atom. The number of anilines is 1. The third-order valence-corrected chi connectivity index (χ3v) is 3.78. The Kier molecular flexibility index (Phi) is 3.97. The van der Waals surface area contributed by atoms with Crippen molar-refractivity contribution in [3.63, 3.8) is 0 Å². The molecule has 1 heterocycles. The quantitative estimate of drug-likeness (QED) is 0.880. The van der Waals surface area contributed by atoms with E-state index in [0.717, 1.165) is 42.4 Å². The van der Waals surface area contributed by atoms with Gasteiger partial charge in [0.15, 0.2) is 0 Å². The first-order chi connectivity index (χ1) is 10.3. The van der Waals surface area contributed by atoms with Crippen molar-refractivity contribution in [2.45, 2.75) is 13.1 Å². The highest BCUT2D eigenvalue weighted by atomic mass is 16.5. The highest BCUT2D eigenvalue weighted by Gasteiger charge is 2.16. The fraction of sp³-hybridized carbons (Fsp3) is 0.294. The Morgan fingerprint density at radius 1 is 1.24 bits per heavy atom. The molecule has 0 amide bonds. The van der Waals surface area contributed by atoms with Gasteiger partial charge in [-0.05, 0) is 17.7 Å². The second kappa shape index (κ2) is 6.06. The summed E-state index contributed by atoms with van der Waals surface area (Å²) in [6.45, 7) is 3.28. The minimum absolute atomic E-state index is 0.701. The van der Waals surface area contributed by atoms with Crippen molar-refractivity contribution >= 4 is 5.69 Å². The van der Waals surface area contributed by atoms with E-state index in [9.17, 15) is 0 Å². The topological polar surface area (TPSA) is 47.7 Å². The summed E-state index contributed by atoms with van der Waals surface area (Å²) in [5.74, 6) is 1.78. The lowest BCUT2D eigenvalue weighted by Crippen LogP contribution is -2.25. The number of nitrogen functional groups attached to an aromatic ring is 1. The standard InChI is InChI=1S/C17H20N2O2/c1-20-15-7-6-13(16(18)10-15)11-19-8-9-21-17-5-3-2-4-14(17)12-19/h2-7,10H,8-9,11-12,18H2,1H3. The van der Waals surface area contributed by atoms with Crippen molar-refractivity contribution in [3.8, 4) is 11.5 Å². The number of nitrogens with zero attached hydrogens (tertiary/aromatic N) is 1. The number of methoxy groups -OCH3 is 1. The van der Waals surface area contributed by atoms with Gasteiger partial charge in [0.1, 0.15) is 18.1 Å². The summed E-state index contributed by atoms with van der Waals surface area (Å²) in [5, 5.41) is 0. The van der Waals surface area contributed by atoms with Gasteiger partial charge in [-0.1, -0.05) is 24.3 Å². The van der Waals surface area contributed by atoms with E-state index in [1.807, 2.05) is 36.4 Å². The zero-order chi connectivity index (χ0) is 14.7. The predicted molar refractivity (Wildman–Crippen MR) is 83.5 cm³/mol. The molecule has 4 heteroatoms. The van der Waals surface area contributed by atoms with E-state index in [4.69, 9.17) is 15.2 Å². The van der Waals surface area contributed by atoms with Gasteiger partial charge in [-0.15, -0.1) is 0 Å². The molecular weight excluding hydrogens is 264 g/mol. The van der Waals surface area contributed by atoms with E-state index in [1.54, 1.807) is 7.11 Å². The third kappa shape index (κ3) is 3.11. The SMILES string of the molecule is COc1ccc(CN2CCOc3ccccc3C2)c(N)c1. The normalized spacial score (nSPS) is 14.9. The molecule has 1 aliphatic rings. The molecule has 0 bridgehead atoms. The molecule has 21 heavy (non-hydrogen) atoms. The maximum atomic E-state index is 6.11. The number of benzene rings is 2. The van der Waals surface area contributed by atoms with Crippen molar-refractivity contribution in [1.82, 2.24) is 4.90 Å². The van der Waals surface area contributed by atoms with Gasteiger partial charge in [0, 0.05) is 37.0 Å². The van der Waals surface area contributed by atoms with E-state index >= 15 is 0 Å². The highest BCUT2D eigenvalue weighted by molar-refractivity contribution is 5.51. The van der Waals surface area contributed by atoms with Crippen molar-refractivity contribution in [2.24, 2.45) is 0 Å². The maximum absolute atomic E-state index is 6.11. The van der Waals surface area contributed by atoms with Crippen molar-refractivity contribution in [1.29, 1.82) is 0 Å². The van der Waals surface area contributed by atoms with Gasteiger partial charge in [0.05, 0.1) is 7.11 Å². The van der Waals surface area contributed by atoms with Crippen LogP contribution in [0.15, 0.2) is 42.5 Å². The van der Waals surface area contributed by atoms with Crippen molar-refractivity contribution in [2.75, 3.05) is 26.0 Å². The molecule has 0 radical (unpaired) electrons. The van der Waals surface area contributed by atoms with Gasteiger partial charge >= 0.3 is 0 Å². The van der Waals surface area contributed by atoms with Crippen LogP contribution in [0.5, 0.6) is 11.5 Å². The zero-order valence-corrected chi connectivity index (χ0v) is 12.2. The van der Waals surface area contributed by atoms with Gasteiger partial charge in [0.25, 0.3) is 0 Å². The molecule has 110 valence electrons. The Hall–Kier alpha value is -2.20. The monoisotopic (exact) mass is 284 g/mol. The van der Waals surface area contributed by atoms with Crippen LogP contribution in [-0.4, -0.2) is 25.2 Å². The number of para-hydroxylation sites is 1. The van der Waals surface area contributed by atoms with Crippen LogP contribution in [0, 0.1) is 0 Å². The van der Waals surface area contributed by atoms with Crippen LogP contribution in [0.1, 0.15) is 11.1 Å². The Balaban J connectivity index is 1.76. The average molecular weight is 284 g/mol. The molecule has 0 aliphatic carbocycles. The van der Waals surface area contributed by atoms with Crippen LogP contribution < -0.4 is 15.2 Å². The molecule has 2 aromatic carbocycles. The summed E-state index contributed by atoms with van der Waals surface area (Å²) >= 11 is 0. The van der Waals surface area contributed by atoms with Gasteiger partial charge in [-0.3, -0.25) is 4.90 Å². The van der Waals surface area contributed by atoms with Crippen LogP contribution in [0.4, 0.5) is 5.69 Å². The lowest BCUT2D eigenvalue weighted by atomic mass is 10.1. The average Bonchev–Trinajstić information content (AvgIpc) is 2.71. The number of nitrogens with two attached hydrogens (primary N) is 1. The van der Waals surface area contributed by atoms with Crippen LogP contribution in [0.2, 0.25) is 0 Å². The molecule has 0 atom stereocenters. The summed E-state index contributed by atoms with van der Waals surface area (Å²) in [7, 11) is 1.65. The predicted octanol–water partition coefficient (Wildman–Crippen LogP) is 2.67. The molecule has 0 saturated carbocycles. The van der Waals surface area contributed by atoms with Gasteiger partial charge in [-0.2, -0.15) is 0 Å². The molecule has 1 aliphatic heterocycles. The minimum atomic E-state index is 0.701. The van der Waals surface area contributed by atoms with Gasteiger partial charge in [0.2, 0.25) is 0 Å². The molecule has 0 saturated heterocycles. The number of ether oxygens (including phenoxy) is 2. The molecule has 0 unspecified atom stereocenters. The molecule has 3 rings (SSSR count). The summed E-state index contributed by atoms with van der Waals surface area (Å²) in [4.78, 5) is 2.35. The van der Waals surface area contributed by atoms with E-state index in [-0.39, 0.29) is 0 Å². The second-order valence-corrected chi connectivity index (χ2v) is 5.23. The maximum Gasteiger partial charge on any atom is 0.123 e. The first kappa shape index (κ1) is 13.8. The number of hydrogen-bond donors (Lipinski definition) is 1. The van der Waals surface area contributed by atoms with Gasteiger partial charge in [-0.25, -0.2) is 0 Å². The Labute approximate surface area is 125 Å². The lowest BCUT2D eigenvalue weighted by molar-refractivity contribution is 0.220. The minimum Gasteiger partial charge on any atom is -0.497 e. The molecule has 0 spiro atoms. The van der Waals surface area contributed by atoms with E-state index in [2.05, 4.69) is 11.0 Å². The summed E-state index contributed by atoms with van der Waals surface area (Å²) in [6.07, 6.45) is 0. The number of rotatable bonds is 3. The lowest BCUT2D eigenvalue weighted by Gasteiger charge is -2.20. The van der Waals surface area contributed by atoms with E-state index in [1.165, 1.54) is 5.56 Å². The van der Waals surface area contributed by atoms with Crippen LogP contribution in [-0.2, 0) is 13.1 Å². The summed E-state index contributed by atoms with van der Waals surface area (Å²) in [6, 6.07) is 14.1. The molecule has 2 aromatic rings. The first-order valence-corrected chi connectivity index (χ1v) is 7.12.